The highest BCUT2D eigenvalue weighted by Crippen LogP contribution is 2.20. The second-order valence-electron chi connectivity index (χ2n) is 4.27. The molecule has 6 heteroatoms. The van der Waals surface area contributed by atoms with Crippen LogP contribution in [0.2, 0.25) is 0 Å². The molecule has 2 N–H and O–H groups in total. The summed E-state index contributed by atoms with van der Waals surface area (Å²) in [5.74, 6) is 0.300. The predicted octanol–water partition coefficient (Wildman–Crippen LogP) is 1.53. The standard InChI is InChI=1S/C13H16N4O2/c1-9(7-14-2)12(18)16-11-5-3-4-10(6-11)13-17-15-8-19-13/h3-6,8-9,14H,7H2,1-2H3,(H,16,18). The summed E-state index contributed by atoms with van der Waals surface area (Å²) in [6.07, 6.45) is 1.27. The molecule has 1 heterocycles. The fourth-order valence-corrected chi connectivity index (χ4v) is 1.69. The van der Waals surface area contributed by atoms with Gasteiger partial charge in [0.2, 0.25) is 18.2 Å². The van der Waals surface area contributed by atoms with Crippen molar-refractivity contribution in [2.75, 3.05) is 18.9 Å². The van der Waals surface area contributed by atoms with Crippen LogP contribution in [0.3, 0.4) is 0 Å². The van der Waals surface area contributed by atoms with Crippen LogP contribution < -0.4 is 10.6 Å². The Kier molecular flexibility index (Phi) is 4.25. The number of nitrogens with one attached hydrogen (secondary N) is 2. The number of hydrogen-bond donors (Lipinski definition) is 2. The SMILES string of the molecule is CNCC(C)C(=O)Nc1cccc(-c2nnco2)c1. The predicted molar refractivity (Wildman–Crippen MR) is 71.5 cm³/mol. The molecular weight excluding hydrogens is 244 g/mol. The summed E-state index contributed by atoms with van der Waals surface area (Å²) in [5, 5.41) is 13.3. The third-order valence-corrected chi connectivity index (χ3v) is 2.69. The molecule has 1 aromatic heterocycles. The number of aromatic nitrogens is 2. The molecule has 1 aromatic carbocycles. The number of rotatable bonds is 5. The van der Waals surface area contributed by atoms with Crippen LogP contribution in [-0.4, -0.2) is 29.7 Å². The quantitative estimate of drug-likeness (QED) is 0.852. The number of nitrogens with zero attached hydrogens (tertiary/aromatic N) is 2. The van der Waals surface area contributed by atoms with Gasteiger partial charge in [-0.1, -0.05) is 13.0 Å². The van der Waals surface area contributed by atoms with E-state index in [0.717, 1.165) is 5.56 Å². The van der Waals surface area contributed by atoms with E-state index < -0.39 is 0 Å². The van der Waals surface area contributed by atoms with Crippen molar-refractivity contribution >= 4 is 11.6 Å². The molecule has 0 aliphatic rings. The van der Waals surface area contributed by atoms with Crippen LogP contribution in [0, 0.1) is 5.92 Å². The van der Waals surface area contributed by atoms with Crippen LogP contribution in [0.4, 0.5) is 5.69 Å². The number of amides is 1. The number of benzene rings is 1. The Labute approximate surface area is 111 Å². The number of anilines is 1. The molecule has 2 aromatic rings. The molecule has 2 rings (SSSR count). The van der Waals surface area contributed by atoms with Crippen LogP contribution in [0.25, 0.3) is 11.5 Å². The maximum Gasteiger partial charge on any atom is 0.247 e. The molecule has 0 bridgehead atoms. The molecule has 0 spiro atoms. The Morgan fingerprint density at radius 3 is 3.00 bits per heavy atom. The third-order valence-electron chi connectivity index (χ3n) is 2.69. The molecule has 0 aliphatic carbocycles. The lowest BCUT2D eigenvalue weighted by molar-refractivity contribution is -0.119. The van der Waals surface area contributed by atoms with Crippen molar-refractivity contribution in [2.24, 2.45) is 5.92 Å². The van der Waals surface area contributed by atoms with Crippen molar-refractivity contribution in [1.82, 2.24) is 15.5 Å². The van der Waals surface area contributed by atoms with E-state index in [9.17, 15) is 4.79 Å². The first-order valence-electron chi connectivity index (χ1n) is 6.02. The molecule has 19 heavy (non-hydrogen) atoms. The van der Waals surface area contributed by atoms with Gasteiger partial charge >= 0.3 is 0 Å². The van der Waals surface area contributed by atoms with Crippen LogP contribution in [0.1, 0.15) is 6.92 Å². The highest BCUT2D eigenvalue weighted by molar-refractivity contribution is 5.93. The second kappa shape index (κ2) is 6.10. The van der Waals surface area contributed by atoms with Gasteiger partial charge in [0, 0.05) is 23.7 Å². The van der Waals surface area contributed by atoms with Crippen LogP contribution in [0.5, 0.6) is 0 Å². The van der Waals surface area contributed by atoms with Gasteiger partial charge < -0.3 is 15.1 Å². The summed E-state index contributed by atoms with van der Waals surface area (Å²) in [4.78, 5) is 11.9. The lowest BCUT2D eigenvalue weighted by Crippen LogP contribution is -2.28. The molecule has 1 atom stereocenters. The molecule has 0 fully saturated rings. The number of hydrogen-bond acceptors (Lipinski definition) is 5. The van der Waals surface area contributed by atoms with Gasteiger partial charge in [-0.05, 0) is 25.2 Å². The first-order valence-corrected chi connectivity index (χ1v) is 6.02. The van der Waals surface area contributed by atoms with E-state index in [1.807, 2.05) is 32.2 Å². The minimum atomic E-state index is -0.0999. The zero-order valence-electron chi connectivity index (χ0n) is 10.9. The monoisotopic (exact) mass is 260 g/mol. The largest absolute Gasteiger partial charge is 0.423 e. The van der Waals surface area contributed by atoms with E-state index >= 15 is 0 Å². The molecule has 0 aliphatic heterocycles. The van der Waals surface area contributed by atoms with Gasteiger partial charge in [-0.2, -0.15) is 0 Å². The van der Waals surface area contributed by atoms with Crippen molar-refractivity contribution in [3.63, 3.8) is 0 Å². The Balaban J connectivity index is 2.09. The summed E-state index contributed by atoms with van der Waals surface area (Å²) in [6.45, 7) is 2.50. The molecule has 6 nitrogen and oxygen atoms in total. The lowest BCUT2D eigenvalue weighted by Gasteiger charge is -2.11. The molecular formula is C13H16N4O2. The highest BCUT2D eigenvalue weighted by atomic mass is 16.4. The molecule has 0 saturated heterocycles. The Morgan fingerprint density at radius 2 is 2.32 bits per heavy atom. The van der Waals surface area contributed by atoms with Crippen LogP contribution >= 0.6 is 0 Å². The van der Waals surface area contributed by atoms with Gasteiger partial charge in [-0.3, -0.25) is 4.79 Å². The maximum absolute atomic E-state index is 11.9. The lowest BCUT2D eigenvalue weighted by atomic mass is 10.1. The van der Waals surface area contributed by atoms with E-state index in [2.05, 4.69) is 20.8 Å². The average Bonchev–Trinajstić information content (AvgIpc) is 2.93. The molecule has 0 radical (unpaired) electrons. The number of carbonyl (C=O) groups is 1. The van der Waals surface area contributed by atoms with Crippen molar-refractivity contribution < 1.29 is 9.21 Å². The van der Waals surface area contributed by atoms with E-state index in [1.54, 1.807) is 6.07 Å². The van der Waals surface area contributed by atoms with Crippen molar-refractivity contribution in [3.05, 3.63) is 30.7 Å². The summed E-state index contributed by atoms with van der Waals surface area (Å²) in [6, 6.07) is 7.31. The van der Waals surface area contributed by atoms with E-state index in [1.165, 1.54) is 6.39 Å². The van der Waals surface area contributed by atoms with Gasteiger partial charge in [-0.15, -0.1) is 10.2 Å². The molecule has 1 amide bonds. The first-order chi connectivity index (χ1) is 9.20. The van der Waals surface area contributed by atoms with Gasteiger partial charge in [0.05, 0.1) is 0 Å². The van der Waals surface area contributed by atoms with Crippen molar-refractivity contribution in [2.45, 2.75) is 6.92 Å². The van der Waals surface area contributed by atoms with Gasteiger partial charge in [0.1, 0.15) is 0 Å². The normalized spacial score (nSPS) is 12.1. The molecule has 100 valence electrons. The topological polar surface area (TPSA) is 80.0 Å². The Bertz CT molecular complexity index is 539. The Morgan fingerprint density at radius 1 is 1.47 bits per heavy atom. The first kappa shape index (κ1) is 13.2. The molecule has 0 saturated carbocycles. The van der Waals surface area contributed by atoms with Crippen molar-refractivity contribution in [3.8, 4) is 11.5 Å². The van der Waals surface area contributed by atoms with E-state index in [-0.39, 0.29) is 11.8 Å². The number of carbonyl (C=O) groups excluding carboxylic acids is 1. The maximum atomic E-state index is 11.9. The minimum absolute atomic E-state index is 0.0305. The zero-order chi connectivity index (χ0) is 13.7. The average molecular weight is 260 g/mol. The second-order valence-corrected chi connectivity index (χ2v) is 4.27. The van der Waals surface area contributed by atoms with Gasteiger partial charge in [0.25, 0.3) is 0 Å². The third kappa shape index (κ3) is 3.38. The fourth-order valence-electron chi connectivity index (χ4n) is 1.69. The molecule has 1 unspecified atom stereocenters. The minimum Gasteiger partial charge on any atom is -0.423 e. The van der Waals surface area contributed by atoms with Crippen LogP contribution in [-0.2, 0) is 4.79 Å². The van der Waals surface area contributed by atoms with E-state index in [4.69, 9.17) is 4.42 Å². The Hall–Kier alpha value is -2.21. The smallest absolute Gasteiger partial charge is 0.247 e. The van der Waals surface area contributed by atoms with Crippen molar-refractivity contribution in [1.29, 1.82) is 0 Å². The summed E-state index contributed by atoms with van der Waals surface area (Å²) < 4.78 is 5.12. The summed E-state index contributed by atoms with van der Waals surface area (Å²) in [7, 11) is 1.82. The summed E-state index contributed by atoms with van der Waals surface area (Å²) >= 11 is 0. The van der Waals surface area contributed by atoms with Crippen LogP contribution in [0.15, 0.2) is 35.1 Å². The van der Waals surface area contributed by atoms with Gasteiger partial charge in [0.15, 0.2) is 0 Å². The fraction of sp³-hybridized carbons (Fsp3) is 0.308. The zero-order valence-corrected chi connectivity index (χ0v) is 10.9. The highest BCUT2D eigenvalue weighted by Gasteiger charge is 2.12. The van der Waals surface area contributed by atoms with E-state index in [0.29, 0.717) is 18.1 Å². The summed E-state index contributed by atoms with van der Waals surface area (Å²) in [5.41, 5.74) is 1.49. The van der Waals surface area contributed by atoms with Gasteiger partial charge in [-0.25, -0.2) is 0 Å².